The van der Waals surface area contributed by atoms with Gasteiger partial charge in [0.1, 0.15) is 0 Å². The van der Waals surface area contributed by atoms with E-state index in [0.29, 0.717) is 34.2 Å². The summed E-state index contributed by atoms with van der Waals surface area (Å²) in [6.07, 6.45) is 0. The molecular formula is C135H87N15. The van der Waals surface area contributed by atoms with Gasteiger partial charge in [0.15, 0.2) is 34.9 Å². The predicted octanol–water partition coefficient (Wildman–Crippen LogP) is 33.2. The average Bonchev–Trinajstić information content (AvgIpc) is 1.55. The lowest BCUT2D eigenvalue weighted by atomic mass is 9.99. The van der Waals surface area contributed by atoms with Crippen LogP contribution in [0, 0.1) is 0 Å². The summed E-state index contributed by atoms with van der Waals surface area (Å²) in [6, 6.07) is 140. The first-order valence-corrected chi connectivity index (χ1v) is 49.2. The average molecular weight is 1930 g/mol. The Morgan fingerprint density at radius 3 is 0.800 bits per heavy atom. The molecular weight excluding hydrogens is 1830 g/mol. The van der Waals surface area contributed by atoms with E-state index in [1.54, 1.807) is 0 Å². The molecule has 702 valence electrons. The first kappa shape index (κ1) is 72.7. The quantitative estimate of drug-likeness (QED) is 0.0979. The van der Waals surface area contributed by atoms with Crippen molar-refractivity contribution >= 4 is 131 Å². The van der Waals surface area contributed by atoms with Crippen molar-refractivity contribution in [1.82, 2.24) is 72.3 Å². The van der Waals surface area contributed by atoms with Crippen LogP contribution >= 0.6 is 0 Å². The van der Waals surface area contributed by atoms with Crippen molar-refractivity contribution in [3.63, 3.8) is 0 Å². The second kappa shape index (κ2) is 37.0. The zero-order valence-corrected chi connectivity index (χ0v) is 79.8. The summed E-state index contributed by atoms with van der Waals surface area (Å²) in [4.78, 5) is 44.7. The molecule has 30 rings (SSSR count). The van der Waals surface area contributed by atoms with Gasteiger partial charge >= 0.3 is 0 Å². The minimum Gasteiger partial charge on any atom is -0.309 e. The SMILES string of the molecule is [2H]c1c([2H])c([2H])c(-c2nc(-c3ccc(-c4ccccc4)cc3)nc(-n3c4ccccc4c4c5c6ccccc6n(-c6ccccc6)c5ccc43)n2)c([2H])c1[2H].[2H]c1c([2H])c([2H])c(-c2nc(-c3cccc(-c4ccccc4)c3)nc(-n3c4ccccc4c4c5c6ccccc6n(-c6ccccc6)c5ccc43)n2)c([2H])c1[2H].[2H]c1c([2H])c([2H])c(-c2nc(-c3ccccc3-c3ccccc3)nc(-n3c4ccccc4c4cc5c(cc43)c3ccccc3n5-c3ccccc3)n2)c([2H])c1[2H]. The molecule has 15 nitrogen and oxygen atoms in total. The molecule has 0 aliphatic rings. The van der Waals surface area contributed by atoms with Crippen LogP contribution < -0.4 is 0 Å². The van der Waals surface area contributed by atoms with Crippen LogP contribution in [0.3, 0.4) is 0 Å². The molecule has 0 atom stereocenters. The van der Waals surface area contributed by atoms with E-state index in [0.717, 1.165) is 181 Å². The molecule has 0 unspecified atom stereocenters. The number of hydrogen-bond donors (Lipinski definition) is 0. The van der Waals surface area contributed by atoms with Crippen LogP contribution in [0.15, 0.2) is 527 Å². The third kappa shape index (κ3) is 15.2. The number of rotatable bonds is 15. The lowest BCUT2D eigenvalue weighted by molar-refractivity contribution is 0.953. The Hall–Kier alpha value is -20.6. The van der Waals surface area contributed by atoms with Crippen LogP contribution in [0.5, 0.6) is 0 Å². The monoisotopic (exact) mass is 1930 g/mol. The summed E-state index contributed by atoms with van der Waals surface area (Å²) in [5.41, 5.74) is 22.4. The topological polar surface area (TPSA) is 146 Å². The Labute approximate surface area is 882 Å². The van der Waals surface area contributed by atoms with Gasteiger partial charge in [-0.05, 0) is 149 Å². The third-order valence-electron chi connectivity index (χ3n) is 27.8. The van der Waals surface area contributed by atoms with Crippen molar-refractivity contribution < 1.29 is 20.6 Å². The summed E-state index contributed by atoms with van der Waals surface area (Å²) >= 11 is 0. The molecule has 150 heavy (non-hydrogen) atoms. The lowest BCUT2D eigenvalue weighted by Gasteiger charge is -2.13. The van der Waals surface area contributed by atoms with Gasteiger partial charge in [-0.2, -0.15) is 29.9 Å². The first-order chi connectivity index (χ1) is 80.7. The molecule has 21 aromatic carbocycles. The fourth-order valence-electron chi connectivity index (χ4n) is 21.3. The predicted molar refractivity (Wildman–Crippen MR) is 614 cm³/mol. The highest BCUT2D eigenvalue weighted by molar-refractivity contribution is 6.31. The van der Waals surface area contributed by atoms with Gasteiger partial charge in [0.2, 0.25) is 17.8 Å². The van der Waals surface area contributed by atoms with Gasteiger partial charge in [-0.25, -0.2) is 15.0 Å². The van der Waals surface area contributed by atoms with Crippen LogP contribution in [0.2, 0.25) is 0 Å². The Bertz CT molecular complexity index is 11400. The summed E-state index contributed by atoms with van der Waals surface area (Å²) < 4.78 is 141. The molecule has 0 fully saturated rings. The van der Waals surface area contributed by atoms with E-state index < -0.39 is 54.4 Å². The summed E-state index contributed by atoms with van der Waals surface area (Å²) in [5.74, 6) is 1.63. The molecule has 30 aromatic rings. The fourth-order valence-corrected chi connectivity index (χ4v) is 21.3. The molecule has 0 radical (unpaired) electrons. The molecule has 0 spiro atoms. The minimum absolute atomic E-state index is 0.0168. The summed E-state index contributed by atoms with van der Waals surface area (Å²) in [7, 11) is 0. The van der Waals surface area contributed by atoms with Gasteiger partial charge < -0.3 is 13.7 Å². The standard InChI is InChI=1S/3C45H29N5/c1-4-15-30(16-5-1)32-19-14-20-33(29-32)44-46-43(31-17-6-2-7-18-31)47-45(48-44)50-38-26-13-11-24-36(38)42-40(50)28-27-39-41(42)35-23-10-12-25-37(35)49(39)34-21-8-3-9-22-34;1-4-14-30(15-5-1)31-24-26-33(27-25-31)44-46-43(32-16-6-2-7-17-32)47-45(48-44)50-38-23-13-11-21-36(38)42-40(50)29-28-39-41(42)35-20-10-12-22-37(35)49(39)34-18-8-3-9-19-34;1-4-16-30(17-5-1)33-22-10-11-25-36(33)44-46-43(31-18-6-2-7-19-31)47-45(48-44)50-40-27-15-13-24-35(40)38-28-41-37(29-42(38)50)34-23-12-14-26-39(34)49(41)32-20-8-3-9-21-32/h3*1-29H/i2D,6D,7D,17D,18D;2D,6D,7D,16D,17D;2D,6D,7D,18D,19D. The number of fused-ring (bicyclic) bond motifs is 20. The lowest BCUT2D eigenvalue weighted by Crippen LogP contribution is -2.06. The molecule has 0 aliphatic heterocycles. The van der Waals surface area contributed by atoms with E-state index in [2.05, 4.69) is 171 Å². The van der Waals surface area contributed by atoms with E-state index in [1.165, 1.54) is 0 Å². The highest BCUT2D eigenvalue weighted by Crippen LogP contribution is 2.48. The molecule has 0 N–H and O–H groups in total. The maximum absolute atomic E-state index is 8.89. The molecule has 0 bridgehead atoms. The number of aromatic nitrogens is 15. The van der Waals surface area contributed by atoms with E-state index in [1.807, 2.05) is 293 Å². The number of benzene rings is 21. The number of hydrogen-bond acceptors (Lipinski definition) is 9. The molecule has 9 aromatic heterocycles. The zero-order valence-electron chi connectivity index (χ0n) is 94.8. The van der Waals surface area contributed by atoms with Crippen molar-refractivity contribution in [1.29, 1.82) is 0 Å². The van der Waals surface area contributed by atoms with E-state index in [-0.39, 0.29) is 88.3 Å². The Kier molecular flexibility index (Phi) is 17.9. The van der Waals surface area contributed by atoms with Gasteiger partial charge in [0.05, 0.1) is 86.8 Å². The van der Waals surface area contributed by atoms with Gasteiger partial charge in [0, 0.05) is 115 Å². The fraction of sp³-hybridized carbons (Fsp3) is 0. The van der Waals surface area contributed by atoms with Crippen molar-refractivity contribution in [2.24, 2.45) is 0 Å². The van der Waals surface area contributed by atoms with Gasteiger partial charge in [-0.1, -0.05) is 412 Å². The van der Waals surface area contributed by atoms with Gasteiger partial charge in [0.25, 0.3) is 0 Å². The summed E-state index contributed by atoms with van der Waals surface area (Å²) in [6.45, 7) is 0. The molecule has 0 amide bonds. The molecule has 0 saturated heterocycles. The van der Waals surface area contributed by atoms with Crippen molar-refractivity contribution in [3.8, 4) is 137 Å². The third-order valence-corrected chi connectivity index (χ3v) is 27.8. The normalized spacial score (nSPS) is 13.0. The molecule has 15 heteroatoms. The van der Waals surface area contributed by atoms with Crippen LogP contribution in [-0.4, -0.2) is 72.3 Å². The van der Waals surface area contributed by atoms with E-state index >= 15 is 0 Å². The smallest absolute Gasteiger partial charge is 0.238 e. The first-order valence-electron chi connectivity index (χ1n) is 56.7. The van der Waals surface area contributed by atoms with E-state index in [9.17, 15) is 0 Å². The van der Waals surface area contributed by atoms with Crippen molar-refractivity contribution in [2.75, 3.05) is 0 Å². The summed E-state index contributed by atoms with van der Waals surface area (Å²) in [5, 5.41) is 12.5. The van der Waals surface area contributed by atoms with Crippen molar-refractivity contribution in [3.05, 3.63) is 527 Å². The zero-order chi connectivity index (χ0) is 112. The van der Waals surface area contributed by atoms with Crippen molar-refractivity contribution in [2.45, 2.75) is 0 Å². The maximum atomic E-state index is 8.89. The second-order valence-corrected chi connectivity index (χ2v) is 36.4. The van der Waals surface area contributed by atoms with Crippen LogP contribution in [-0.2, 0) is 0 Å². The van der Waals surface area contributed by atoms with Crippen LogP contribution in [0.25, 0.3) is 267 Å². The Balaban J connectivity index is 0.000000116. The minimum atomic E-state index is -0.483. The highest BCUT2D eigenvalue weighted by Gasteiger charge is 2.29. The van der Waals surface area contributed by atoms with Crippen LogP contribution in [0.4, 0.5) is 0 Å². The Morgan fingerprint density at radius 1 is 0.140 bits per heavy atom. The molecule has 0 saturated carbocycles. The highest BCUT2D eigenvalue weighted by atomic mass is 15.2. The molecule has 0 aliphatic carbocycles. The van der Waals surface area contributed by atoms with Crippen LogP contribution in [0.1, 0.15) is 20.6 Å². The number of nitrogens with zero attached hydrogens (tertiary/aromatic N) is 15. The van der Waals surface area contributed by atoms with Gasteiger partial charge in [-0.3, -0.25) is 13.7 Å². The van der Waals surface area contributed by atoms with Gasteiger partial charge in [-0.15, -0.1) is 0 Å². The van der Waals surface area contributed by atoms with E-state index in [4.69, 9.17) is 65.4 Å². The number of para-hydroxylation sites is 9. The molecule has 9 heterocycles. The maximum Gasteiger partial charge on any atom is 0.238 e. The second-order valence-electron chi connectivity index (χ2n) is 36.4. The Morgan fingerprint density at radius 2 is 0.393 bits per heavy atom. The largest absolute Gasteiger partial charge is 0.309 e.